The maximum absolute atomic E-state index is 12.5. The molecule has 0 radical (unpaired) electrons. The third-order valence-corrected chi connectivity index (χ3v) is 3.03. The van der Waals surface area contributed by atoms with E-state index in [4.69, 9.17) is 5.11 Å². The molecule has 0 saturated heterocycles. The lowest BCUT2D eigenvalue weighted by Crippen LogP contribution is -2.29. The maximum atomic E-state index is 12.5. The van der Waals surface area contributed by atoms with Crippen LogP contribution in [-0.4, -0.2) is 35.5 Å². The largest absolute Gasteiger partial charge is 0.480 e. The van der Waals surface area contributed by atoms with Gasteiger partial charge in [-0.05, 0) is 6.92 Å². The standard InChI is InChI=1S/C13H11N5O3/c1-8-2-4-9(5-3-8)11-12(21)17(6-10(19)20)13-15-14-7-18(13)16-11/h2-5,7H,6H2,1H3,(H,19,20). The fourth-order valence-corrected chi connectivity index (χ4v) is 2.01. The van der Waals surface area contributed by atoms with E-state index in [1.165, 1.54) is 10.8 Å². The number of carboxylic acid groups (broad SMARTS) is 1. The second-order valence-electron chi connectivity index (χ2n) is 4.58. The summed E-state index contributed by atoms with van der Waals surface area (Å²) in [6, 6.07) is 7.24. The van der Waals surface area contributed by atoms with Crippen molar-refractivity contribution in [2.45, 2.75) is 13.5 Å². The molecule has 0 spiro atoms. The fraction of sp³-hybridized carbons (Fsp3) is 0.154. The topological polar surface area (TPSA) is 102 Å². The molecule has 3 aromatic rings. The van der Waals surface area contributed by atoms with Crippen LogP contribution < -0.4 is 5.56 Å². The first-order chi connectivity index (χ1) is 10.1. The van der Waals surface area contributed by atoms with E-state index in [1.54, 1.807) is 12.1 Å². The Labute approximate surface area is 118 Å². The van der Waals surface area contributed by atoms with E-state index >= 15 is 0 Å². The Balaban J connectivity index is 2.28. The third-order valence-electron chi connectivity index (χ3n) is 3.03. The molecule has 0 aliphatic heterocycles. The lowest BCUT2D eigenvalue weighted by atomic mass is 10.1. The SMILES string of the molecule is Cc1ccc(-c2nn3cnnc3n(CC(=O)O)c2=O)cc1. The van der Waals surface area contributed by atoms with Crippen molar-refractivity contribution in [1.29, 1.82) is 0 Å². The van der Waals surface area contributed by atoms with Gasteiger partial charge in [0.15, 0.2) is 5.69 Å². The Bertz CT molecular complexity index is 879. The zero-order valence-corrected chi connectivity index (χ0v) is 11.1. The summed E-state index contributed by atoms with van der Waals surface area (Å²) < 4.78 is 2.33. The van der Waals surface area contributed by atoms with Crippen LogP contribution in [0.2, 0.25) is 0 Å². The minimum absolute atomic E-state index is 0.0956. The molecule has 2 heterocycles. The van der Waals surface area contributed by atoms with Crippen molar-refractivity contribution in [1.82, 2.24) is 24.4 Å². The van der Waals surface area contributed by atoms with Gasteiger partial charge in [0.2, 0.25) is 0 Å². The summed E-state index contributed by atoms with van der Waals surface area (Å²) in [7, 11) is 0. The molecular weight excluding hydrogens is 274 g/mol. The predicted octanol–water partition coefficient (Wildman–Crippen LogP) is 0.346. The quantitative estimate of drug-likeness (QED) is 0.744. The number of aryl methyl sites for hydroxylation is 1. The molecule has 0 amide bonds. The number of benzene rings is 1. The number of rotatable bonds is 3. The van der Waals surface area contributed by atoms with Gasteiger partial charge in [-0.1, -0.05) is 29.8 Å². The highest BCUT2D eigenvalue weighted by atomic mass is 16.4. The summed E-state index contributed by atoms with van der Waals surface area (Å²) in [4.78, 5) is 23.4. The number of fused-ring (bicyclic) bond motifs is 1. The van der Waals surface area contributed by atoms with Gasteiger partial charge in [0.25, 0.3) is 11.3 Å². The van der Waals surface area contributed by atoms with E-state index in [0.717, 1.165) is 10.1 Å². The van der Waals surface area contributed by atoms with Crippen molar-refractivity contribution < 1.29 is 9.90 Å². The Hall–Kier alpha value is -3.03. The second kappa shape index (κ2) is 4.82. The number of aromatic nitrogens is 5. The molecule has 1 aromatic carbocycles. The Morgan fingerprint density at radius 3 is 2.67 bits per heavy atom. The molecular formula is C13H11N5O3. The first-order valence-electron chi connectivity index (χ1n) is 6.16. The van der Waals surface area contributed by atoms with Crippen LogP contribution in [0.1, 0.15) is 5.56 Å². The van der Waals surface area contributed by atoms with Crippen LogP contribution in [0.4, 0.5) is 0 Å². The van der Waals surface area contributed by atoms with Gasteiger partial charge in [0, 0.05) is 5.56 Å². The zero-order valence-electron chi connectivity index (χ0n) is 11.1. The van der Waals surface area contributed by atoms with E-state index < -0.39 is 18.1 Å². The molecule has 3 rings (SSSR count). The molecule has 106 valence electrons. The number of aliphatic carboxylic acids is 1. The van der Waals surface area contributed by atoms with Crippen molar-refractivity contribution in [3.8, 4) is 11.3 Å². The maximum Gasteiger partial charge on any atom is 0.323 e. The lowest BCUT2D eigenvalue weighted by Gasteiger charge is -2.07. The van der Waals surface area contributed by atoms with Gasteiger partial charge in [-0.2, -0.15) is 9.61 Å². The van der Waals surface area contributed by atoms with Crippen LogP contribution >= 0.6 is 0 Å². The molecule has 8 heteroatoms. The summed E-state index contributed by atoms with van der Waals surface area (Å²) in [6.45, 7) is 1.44. The molecule has 0 aliphatic carbocycles. The van der Waals surface area contributed by atoms with Gasteiger partial charge in [-0.15, -0.1) is 10.2 Å². The molecule has 1 N–H and O–H groups in total. The highest BCUT2D eigenvalue weighted by molar-refractivity contribution is 5.68. The van der Waals surface area contributed by atoms with Gasteiger partial charge in [-0.25, -0.2) is 0 Å². The van der Waals surface area contributed by atoms with Crippen molar-refractivity contribution in [2.75, 3.05) is 0 Å². The Morgan fingerprint density at radius 2 is 2.00 bits per heavy atom. The second-order valence-corrected chi connectivity index (χ2v) is 4.58. The number of nitrogens with zero attached hydrogens (tertiary/aromatic N) is 5. The van der Waals surface area contributed by atoms with Crippen LogP contribution in [0.3, 0.4) is 0 Å². The molecule has 0 atom stereocenters. The lowest BCUT2D eigenvalue weighted by molar-refractivity contribution is -0.137. The van der Waals surface area contributed by atoms with Gasteiger partial charge in [0.05, 0.1) is 0 Å². The Morgan fingerprint density at radius 1 is 1.29 bits per heavy atom. The first-order valence-corrected chi connectivity index (χ1v) is 6.16. The molecule has 0 aliphatic rings. The Kier molecular flexibility index (Phi) is 2.98. The van der Waals surface area contributed by atoms with E-state index in [0.29, 0.717) is 5.56 Å². The molecule has 2 aromatic heterocycles. The van der Waals surface area contributed by atoms with Crippen LogP contribution in [-0.2, 0) is 11.3 Å². The molecule has 21 heavy (non-hydrogen) atoms. The molecule has 8 nitrogen and oxygen atoms in total. The number of hydrogen-bond donors (Lipinski definition) is 1. The monoisotopic (exact) mass is 285 g/mol. The van der Waals surface area contributed by atoms with Crippen LogP contribution in [0.15, 0.2) is 35.4 Å². The van der Waals surface area contributed by atoms with Gasteiger partial charge in [0.1, 0.15) is 12.9 Å². The molecule has 0 bridgehead atoms. The van der Waals surface area contributed by atoms with Crippen molar-refractivity contribution >= 4 is 11.7 Å². The summed E-state index contributed by atoms with van der Waals surface area (Å²) >= 11 is 0. The highest BCUT2D eigenvalue weighted by Gasteiger charge is 2.16. The highest BCUT2D eigenvalue weighted by Crippen LogP contribution is 2.14. The van der Waals surface area contributed by atoms with E-state index in [2.05, 4.69) is 15.3 Å². The average molecular weight is 285 g/mol. The van der Waals surface area contributed by atoms with Crippen LogP contribution in [0, 0.1) is 6.92 Å². The molecule has 0 saturated carbocycles. The van der Waals surface area contributed by atoms with Crippen LogP contribution in [0.25, 0.3) is 17.0 Å². The minimum atomic E-state index is -1.14. The zero-order chi connectivity index (χ0) is 15.0. The number of hydrogen-bond acceptors (Lipinski definition) is 5. The summed E-state index contributed by atoms with van der Waals surface area (Å²) in [6.07, 6.45) is 1.32. The first kappa shape index (κ1) is 13.0. The van der Waals surface area contributed by atoms with Crippen molar-refractivity contribution in [3.63, 3.8) is 0 Å². The summed E-state index contributed by atoms with van der Waals surface area (Å²) in [5.41, 5.74) is 1.31. The van der Waals surface area contributed by atoms with E-state index in [1.807, 2.05) is 19.1 Å². The van der Waals surface area contributed by atoms with Gasteiger partial charge >= 0.3 is 5.97 Å². The summed E-state index contributed by atoms with van der Waals surface area (Å²) in [5, 5.41) is 20.5. The molecule has 0 fully saturated rings. The van der Waals surface area contributed by atoms with Gasteiger partial charge in [-0.3, -0.25) is 14.2 Å². The average Bonchev–Trinajstić information content (AvgIpc) is 2.90. The van der Waals surface area contributed by atoms with Crippen molar-refractivity contribution in [3.05, 3.63) is 46.5 Å². The smallest absolute Gasteiger partial charge is 0.323 e. The van der Waals surface area contributed by atoms with E-state index in [9.17, 15) is 9.59 Å². The fourth-order valence-electron chi connectivity index (χ4n) is 2.01. The number of carboxylic acids is 1. The van der Waals surface area contributed by atoms with Crippen LogP contribution in [0.5, 0.6) is 0 Å². The minimum Gasteiger partial charge on any atom is -0.480 e. The van der Waals surface area contributed by atoms with E-state index in [-0.39, 0.29) is 11.5 Å². The third kappa shape index (κ3) is 2.27. The van der Waals surface area contributed by atoms with Crippen molar-refractivity contribution in [2.24, 2.45) is 0 Å². The number of carbonyl (C=O) groups is 1. The van der Waals surface area contributed by atoms with Gasteiger partial charge < -0.3 is 5.11 Å². The summed E-state index contributed by atoms with van der Waals surface area (Å²) in [5.74, 6) is -1.04. The normalized spacial score (nSPS) is 10.9. The predicted molar refractivity (Wildman–Crippen MR) is 72.9 cm³/mol. The molecule has 0 unspecified atom stereocenters.